The first-order valence-electron chi connectivity index (χ1n) is 16.9. The molecular weight excluding hydrogens is 872 g/mol. The van der Waals surface area contributed by atoms with Gasteiger partial charge in [0, 0.05) is 28.7 Å². The standard InChI is InChI=1S/C23H15Br3.C23H17Br/c1-23(2)19-9-12(24)7-8-13(19)16-10-17-18(11-20(16)23)22(26)15-6-4-3-5-14(15)21(17)25;1-23(2)21-12-17-10-15-6-4-3-5-14(15)9-16(17)11-20(21)19-8-7-18(24)13-22(19)23/h3-11H,1-2H3;3-13H,1-2H3. The fraction of sp³-hybridized carbons (Fsp3) is 0.130. The predicted molar refractivity (Wildman–Crippen MR) is 229 cm³/mol. The van der Waals surface area contributed by atoms with Crippen LogP contribution >= 0.6 is 63.7 Å². The molecule has 0 fully saturated rings. The third-order valence-corrected chi connectivity index (χ3v) is 13.8. The second-order valence-electron chi connectivity index (χ2n) is 14.7. The van der Waals surface area contributed by atoms with Gasteiger partial charge in [-0.2, -0.15) is 0 Å². The molecule has 0 bridgehead atoms. The molecule has 0 heterocycles. The Kier molecular flexibility index (Phi) is 7.58. The molecule has 2 aliphatic rings. The summed E-state index contributed by atoms with van der Waals surface area (Å²) in [7, 11) is 0. The molecule has 0 unspecified atom stereocenters. The topological polar surface area (TPSA) is 0 Å². The molecule has 50 heavy (non-hydrogen) atoms. The van der Waals surface area contributed by atoms with Crippen LogP contribution in [0.25, 0.3) is 65.3 Å². The zero-order valence-corrected chi connectivity index (χ0v) is 34.4. The van der Waals surface area contributed by atoms with Crippen LogP contribution in [0.1, 0.15) is 49.9 Å². The molecule has 0 aromatic heterocycles. The molecule has 0 radical (unpaired) electrons. The second-order valence-corrected chi connectivity index (χ2v) is 18.1. The number of hydrogen-bond donors (Lipinski definition) is 0. The lowest BCUT2D eigenvalue weighted by Gasteiger charge is -2.22. The van der Waals surface area contributed by atoms with Gasteiger partial charge in [-0.3, -0.25) is 0 Å². The third kappa shape index (κ3) is 4.85. The lowest BCUT2D eigenvalue weighted by Crippen LogP contribution is -2.15. The average molecular weight is 904 g/mol. The lowest BCUT2D eigenvalue weighted by atomic mass is 9.82. The van der Waals surface area contributed by atoms with Gasteiger partial charge in [0.15, 0.2) is 0 Å². The van der Waals surface area contributed by atoms with Crippen LogP contribution in [-0.4, -0.2) is 0 Å². The highest BCUT2D eigenvalue weighted by Gasteiger charge is 2.37. The van der Waals surface area contributed by atoms with Crippen molar-refractivity contribution in [3.8, 4) is 22.3 Å². The Bertz CT molecular complexity index is 2750. The van der Waals surface area contributed by atoms with Crippen molar-refractivity contribution in [2.75, 3.05) is 0 Å². The van der Waals surface area contributed by atoms with Crippen molar-refractivity contribution in [1.29, 1.82) is 0 Å². The average Bonchev–Trinajstić information content (AvgIpc) is 3.46. The molecule has 0 nitrogen and oxygen atoms in total. The predicted octanol–water partition coefficient (Wildman–Crippen LogP) is 15.6. The highest BCUT2D eigenvalue weighted by molar-refractivity contribution is 9.11. The van der Waals surface area contributed by atoms with Crippen LogP contribution in [0.3, 0.4) is 0 Å². The summed E-state index contributed by atoms with van der Waals surface area (Å²) < 4.78 is 4.62. The maximum Gasteiger partial charge on any atom is 0.0333 e. The van der Waals surface area contributed by atoms with E-state index in [1.54, 1.807) is 0 Å². The normalized spacial score (nSPS) is 14.7. The highest BCUT2D eigenvalue weighted by Crippen LogP contribution is 2.53. The van der Waals surface area contributed by atoms with Crippen molar-refractivity contribution < 1.29 is 0 Å². The Balaban J connectivity index is 0.000000135. The van der Waals surface area contributed by atoms with E-state index in [-0.39, 0.29) is 10.8 Å². The highest BCUT2D eigenvalue weighted by atomic mass is 79.9. The van der Waals surface area contributed by atoms with Gasteiger partial charge in [-0.15, -0.1) is 0 Å². The van der Waals surface area contributed by atoms with E-state index in [1.165, 1.54) is 92.1 Å². The molecule has 0 atom stereocenters. The van der Waals surface area contributed by atoms with Gasteiger partial charge in [-0.1, -0.05) is 120 Å². The minimum Gasteiger partial charge on any atom is -0.0616 e. The van der Waals surface area contributed by atoms with E-state index >= 15 is 0 Å². The van der Waals surface area contributed by atoms with Crippen LogP contribution in [-0.2, 0) is 10.8 Å². The molecule has 0 amide bonds. The van der Waals surface area contributed by atoms with Crippen LogP contribution in [0.2, 0.25) is 0 Å². The fourth-order valence-electron chi connectivity index (χ4n) is 8.42. The molecule has 0 spiro atoms. The smallest absolute Gasteiger partial charge is 0.0333 e. The Labute approximate surface area is 326 Å². The van der Waals surface area contributed by atoms with Crippen molar-refractivity contribution in [1.82, 2.24) is 0 Å². The summed E-state index contributed by atoms with van der Waals surface area (Å²) >= 11 is 15.0. The van der Waals surface area contributed by atoms with Crippen LogP contribution in [0, 0.1) is 0 Å². The van der Waals surface area contributed by atoms with Crippen molar-refractivity contribution in [3.05, 3.63) is 161 Å². The van der Waals surface area contributed by atoms with Crippen LogP contribution in [0.5, 0.6) is 0 Å². The molecule has 10 rings (SSSR count). The molecule has 4 heteroatoms. The summed E-state index contributed by atoms with van der Waals surface area (Å²) in [5.74, 6) is 0. The molecule has 8 aromatic rings. The molecule has 0 saturated heterocycles. The molecule has 0 saturated carbocycles. The quantitative estimate of drug-likeness (QED) is 0.133. The van der Waals surface area contributed by atoms with Crippen molar-refractivity contribution in [2.45, 2.75) is 38.5 Å². The SMILES string of the molecule is CC1(C)c2cc(Br)ccc2-c2cc3c(Br)c4ccccc4c(Br)c3cc21.CC1(C)c2cc(Br)ccc2-c2cc3cc4ccccc4cc3cc21. The van der Waals surface area contributed by atoms with E-state index in [0.29, 0.717) is 0 Å². The summed E-state index contributed by atoms with van der Waals surface area (Å²) in [6.07, 6.45) is 0. The van der Waals surface area contributed by atoms with Crippen molar-refractivity contribution in [3.63, 3.8) is 0 Å². The van der Waals surface area contributed by atoms with E-state index in [0.717, 1.165) is 13.4 Å². The molecule has 0 N–H and O–H groups in total. The number of fused-ring (bicyclic) bond motifs is 10. The van der Waals surface area contributed by atoms with Crippen LogP contribution in [0.15, 0.2) is 139 Å². The number of halogens is 4. The van der Waals surface area contributed by atoms with Gasteiger partial charge in [-0.05, 0) is 180 Å². The second kappa shape index (κ2) is 11.6. The molecular formula is C46H32Br4. The van der Waals surface area contributed by atoms with Crippen LogP contribution in [0.4, 0.5) is 0 Å². The largest absolute Gasteiger partial charge is 0.0616 e. The minimum atomic E-state index is -0.0137. The van der Waals surface area contributed by atoms with Gasteiger partial charge in [0.25, 0.3) is 0 Å². The Morgan fingerprint density at radius 1 is 0.340 bits per heavy atom. The van der Waals surface area contributed by atoms with E-state index < -0.39 is 0 Å². The van der Waals surface area contributed by atoms with Gasteiger partial charge in [0.05, 0.1) is 0 Å². The van der Waals surface area contributed by atoms with Crippen molar-refractivity contribution >= 4 is 107 Å². The molecule has 244 valence electrons. The summed E-state index contributed by atoms with van der Waals surface area (Å²) in [5, 5.41) is 10.2. The number of rotatable bonds is 0. The van der Waals surface area contributed by atoms with Gasteiger partial charge >= 0.3 is 0 Å². The monoisotopic (exact) mass is 900 g/mol. The molecule has 2 aliphatic carbocycles. The van der Waals surface area contributed by atoms with Crippen LogP contribution < -0.4 is 0 Å². The Hall–Kier alpha value is -3.28. The maximum atomic E-state index is 3.88. The summed E-state index contributed by atoms with van der Waals surface area (Å²) in [6.45, 7) is 9.30. The fourth-order valence-corrected chi connectivity index (χ4v) is 10.5. The number of benzene rings is 8. The van der Waals surface area contributed by atoms with E-state index in [9.17, 15) is 0 Å². The van der Waals surface area contributed by atoms with Gasteiger partial charge in [-0.25, -0.2) is 0 Å². The van der Waals surface area contributed by atoms with Gasteiger partial charge in [0.1, 0.15) is 0 Å². The molecule has 0 aliphatic heterocycles. The maximum absolute atomic E-state index is 3.88. The number of hydrogen-bond acceptors (Lipinski definition) is 0. The zero-order valence-electron chi connectivity index (χ0n) is 28.1. The third-order valence-electron chi connectivity index (χ3n) is 11.1. The van der Waals surface area contributed by atoms with E-state index in [2.05, 4.69) is 213 Å². The lowest BCUT2D eigenvalue weighted by molar-refractivity contribution is 0.660. The summed E-state index contributed by atoms with van der Waals surface area (Å²) in [4.78, 5) is 0. The van der Waals surface area contributed by atoms with Gasteiger partial charge < -0.3 is 0 Å². The van der Waals surface area contributed by atoms with Crippen molar-refractivity contribution in [2.24, 2.45) is 0 Å². The first-order chi connectivity index (χ1) is 23.9. The Morgan fingerprint density at radius 2 is 0.760 bits per heavy atom. The minimum absolute atomic E-state index is 0.0137. The zero-order chi connectivity index (χ0) is 34.7. The summed E-state index contributed by atoms with van der Waals surface area (Å²) in [6, 6.07) is 44.6. The van der Waals surface area contributed by atoms with E-state index in [4.69, 9.17) is 0 Å². The first-order valence-corrected chi connectivity index (χ1v) is 20.0. The van der Waals surface area contributed by atoms with Gasteiger partial charge in [0.2, 0.25) is 0 Å². The Morgan fingerprint density at radius 3 is 1.30 bits per heavy atom. The first kappa shape index (κ1) is 32.6. The van der Waals surface area contributed by atoms with E-state index in [1.807, 2.05) is 0 Å². The molecule has 8 aromatic carbocycles. The summed E-state index contributed by atoms with van der Waals surface area (Å²) in [5.41, 5.74) is 11.1.